The lowest BCUT2D eigenvalue weighted by Crippen LogP contribution is -2.40. The molecule has 0 radical (unpaired) electrons. The minimum atomic E-state index is -0.625. The number of carbonyl (C=O) groups is 1. The summed E-state index contributed by atoms with van der Waals surface area (Å²) in [5.74, 6) is 0.810. The molecule has 4 rings (SSSR count). The third kappa shape index (κ3) is 5.09. The van der Waals surface area contributed by atoms with E-state index in [1.807, 2.05) is 0 Å². The predicted molar refractivity (Wildman–Crippen MR) is 113 cm³/mol. The van der Waals surface area contributed by atoms with E-state index in [9.17, 15) is 9.90 Å². The van der Waals surface area contributed by atoms with Gasteiger partial charge in [-0.05, 0) is 12.0 Å². The number of β-amino-alcohol motifs (C(OH)–C–C–N with tert-alkyl or cyclic N) is 1. The van der Waals surface area contributed by atoms with Crippen molar-refractivity contribution in [3.63, 3.8) is 0 Å². The van der Waals surface area contributed by atoms with Crippen molar-refractivity contribution in [2.24, 2.45) is 11.3 Å². The summed E-state index contributed by atoms with van der Waals surface area (Å²) in [4.78, 5) is 18.9. The lowest BCUT2D eigenvalue weighted by atomic mass is 9.77. The molecule has 3 aliphatic rings. The van der Waals surface area contributed by atoms with Crippen LogP contribution in [0.1, 0.15) is 30.1 Å². The van der Waals surface area contributed by atoms with Gasteiger partial charge in [-0.3, -0.25) is 14.7 Å². The largest absolute Gasteiger partial charge is 0.489 e. The minimum Gasteiger partial charge on any atom is -0.489 e. The van der Waals surface area contributed by atoms with Crippen LogP contribution in [0, 0.1) is 11.3 Å². The number of nitrogens with one attached hydrogen (secondary N) is 1. The van der Waals surface area contributed by atoms with Crippen LogP contribution in [-0.2, 0) is 4.74 Å². The van der Waals surface area contributed by atoms with E-state index < -0.39 is 6.10 Å². The number of likely N-dealkylation sites (tertiary alicyclic amines) is 1. The molecule has 3 heterocycles. The first kappa shape index (κ1) is 21.0. The third-order valence-corrected chi connectivity index (χ3v) is 6.21. The fourth-order valence-electron chi connectivity index (χ4n) is 4.49. The number of nitrogens with zero attached hydrogens (tertiary/aromatic N) is 2. The van der Waals surface area contributed by atoms with Crippen LogP contribution in [-0.4, -0.2) is 72.5 Å². The van der Waals surface area contributed by atoms with Crippen LogP contribution >= 0.6 is 0 Å². The van der Waals surface area contributed by atoms with E-state index in [4.69, 9.17) is 9.47 Å². The number of ether oxygens (including phenoxy) is 2. The smallest absolute Gasteiger partial charge is 0.253 e. The average Bonchev–Trinajstić information content (AvgIpc) is 3.08. The molecule has 2 fully saturated rings. The summed E-state index contributed by atoms with van der Waals surface area (Å²) in [7, 11) is 0. The Labute approximate surface area is 177 Å². The fourth-order valence-corrected chi connectivity index (χ4v) is 4.49. The molecule has 2 N–H and O–H groups in total. The Bertz CT molecular complexity index is 805. The molecule has 0 aromatic carbocycles. The topological polar surface area (TPSA) is 83.9 Å². The van der Waals surface area contributed by atoms with Gasteiger partial charge >= 0.3 is 0 Å². The second-order valence-electron chi connectivity index (χ2n) is 8.75. The van der Waals surface area contributed by atoms with E-state index in [1.165, 1.54) is 6.20 Å². The summed E-state index contributed by atoms with van der Waals surface area (Å²) in [5, 5.41) is 13.3. The molecule has 1 aromatic rings. The molecule has 1 aromatic heterocycles. The van der Waals surface area contributed by atoms with E-state index >= 15 is 0 Å². The molecule has 7 heteroatoms. The molecule has 0 bridgehead atoms. The van der Waals surface area contributed by atoms with Gasteiger partial charge in [0.15, 0.2) is 0 Å². The Hall–Kier alpha value is -2.22. The number of amides is 1. The van der Waals surface area contributed by atoms with Gasteiger partial charge in [0.05, 0.1) is 31.1 Å². The van der Waals surface area contributed by atoms with Crippen molar-refractivity contribution in [3.8, 4) is 5.75 Å². The number of allylic oxidation sites excluding steroid dienone is 2. The van der Waals surface area contributed by atoms with E-state index in [0.717, 1.165) is 25.9 Å². The molecular formula is C23H31N3O4. The second-order valence-corrected chi connectivity index (χ2v) is 8.75. The summed E-state index contributed by atoms with van der Waals surface area (Å²) >= 11 is 0. The van der Waals surface area contributed by atoms with Gasteiger partial charge in [0.2, 0.25) is 0 Å². The number of aliphatic hydroxyl groups excluding tert-OH is 1. The highest BCUT2D eigenvalue weighted by Gasteiger charge is 2.40. The van der Waals surface area contributed by atoms with Gasteiger partial charge in [-0.2, -0.15) is 0 Å². The maximum Gasteiger partial charge on any atom is 0.253 e. The normalized spacial score (nSPS) is 27.6. The molecule has 2 aliphatic heterocycles. The Morgan fingerprint density at radius 1 is 1.40 bits per heavy atom. The molecular weight excluding hydrogens is 382 g/mol. The number of aromatic nitrogens is 1. The zero-order valence-electron chi connectivity index (χ0n) is 17.5. The lowest BCUT2D eigenvalue weighted by molar-refractivity contribution is 0.0254. The molecule has 0 spiro atoms. The van der Waals surface area contributed by atoms with Crippen molar-refractivity contribution in [1.29, 1.82) is 0 Å². The van der Waals surface area contributed by atoms with Gasteiger partial charge < -0.3 is 19.9 Å². The van der Waals surface area contributed by atoms with Gasteiger partial charge in [-0.15, -0.1) is 0 Å². The van der Waals surface area contributed by atoms with Crippen LogP contribution in [0.15, 0.2) is 42.8 Å². The number of fused-ring (bicyclic) bond motifs is 1. The molecule has 162 valence electrons. The third-order valence-electron chi connectivity index (χ3n) is 6.21. The van der Waals surface area contributed by atoms with Gasteiger partial charge in [0.1, 0.15) is 11.9 Å². The van der Waals surface area contributed by atoms with Gasteiger partial charge in [0.25, 0.3) is 5.91 Å². The molecule has 30 heavy (non-hydrogen) atoms. The van der Waals surface area contributed by atoms with Gasteiger partial charge in [0, 0.05) is 50.6 Å². The van der Waals surface area contributed by atoms with Crippen LogP contribution in [0.25, 0.3) is 0 Å². The summed E-state index contributed by atoms with van der Waals surface area (Å²) in [6, 6.07) is 1.70. The van der Waals surface area contributed by atoms with E-state index in [2.05, 4.69) is 46.4 Å². The van der Waals surface area contributed by atoms with Crippen LogP contribution in [0.5, 0.6) is 5.75 Å². The van der Waals surface area contributed by atoms with Crippen molar-refractivity contribution in [2.75, 3.05) is 39.4 Å². The highest BCUT2D eigenvalue weighted by molar-refractivity contribution is 5.94. The highest BCUT2D eigenvalue weighted by atomic mass is 16.5. The van der Waals surface area contributed by atoms with Crippen LogP contribution in [0.4, 0.5) is 0 Å². The first-order valence-electron chi connectivity index (χ1n) is 10.8. The van der Waals surface area contributed by atoms with E-state index in [1.54, 1.807) is 12.3 Å². The SMILES string of the molecule is CC12C=CC=CC1CN(C[C@@H](O)CNC(=O)c1cncc(OC3CCOCC3)c1)C2. The Balaban J connectivity index is 1.25. The number of rotatable bonds is 7. The van der Waals surface area contributed by atoms with Gasteiger partial charge in [-0.1, -0.05) is 31.2 Å². The van der Waals surface area contributed by atoms with Crippen LogP contribution in [0.3, 0.4) is 0 Å². The molecule has 2 saturated heterocycles. The average molecular weight is 414 g/mol. The number of pyridine rings is 1. The summed E-state index contributed by atoms with van der Waals surface area (Å²) < 4.78 is 11.3. The number of hydrogen-bond acceptors (Lipinski definition) is 6. The quantitative estimate of drug-likeness (QED) is 0.709. The monoisotopic (exact) mass is 413 g/mol. The Morgan fingerprint density at radius 3 is 3.03 bits per heavy atom. The van der Waals surface area contributed by atoms with Crippen LogP contribution < -0.4 is 10.1 Å². The highest BCUT2D eigenvalue weighted by Crippen LogP contribution is 2.39. The Kier molecular flexibility index (Phi) is 6.51. The number of hydrogen-bond donors (Lipinski definition) is 2. The molecule has 1 amide bonds. The maximum atomic E-state index is 12.5. The van der Waals surface area contributed by atoms with Crippen LogP contribution in [0.2, 0.25) is 0 Å². The lowest BCUT2D eigenvalue weighted by Gasteiger charge is -2.27. The van der Waals surface area contributed by atoms with Crippen molar-refractivity contribution in [2.45, 2.75) is 32.0 Å². The summed E-state index contributed by atoms with van der Waals surface area (Å²) in [6.07, 6.45) is 13.0. The standard InChI is InChI=1S/C23H31N3O4/c1-23-7-3-2-4-18(23)14-26(16-23)15-19(27)12-25-22(28)17-10-21(13-24-11-17)30-20-5-8-29-9-6-20/h2-4,7,10-11,13,18-20,27H,5-6,8-9,12,14-16H2,1H3,(H,25,28)/t18?,19-,23?/m0/s1. The maximum absolute atomic E-state index is 12.5. The zero-order valence-corrected chi connectivity index (χ0v) is 17.5. The molecule has 0 saturated carbocycles. The molecule has 2 unspecified atom stereocenters. The summed E-state index contributed by atoms with van der Waals surface area (Å²) in [5.41, 5.74) is 0.565. The van der Waals surface area contributed by atoms with Gasteiger partial charge in [-0.25, -0.2) is 0 Å². The fraction of sp³-hybridized carbons (Fsp3) is 0.565. The first-order valence-corrected chi connectivity index (χ1v) is 10.8. The van der Waals surface area contributed by atoms with Crippen molar-refractivity contribution >= 4 is 5.91 Å². The number of carbonyl (C=O) groups excluding carboxylic acids is 1. The van der Waals surface area contributed by atoms with Crippen molar-refractivity contribution < 1.29 is 19.4 Å². The zero-order chi connectivity index (χ0) is 21.0. The number of aliphatic hydroxyl groups is 1. The van der Waals surface area contributed by atoms with Crippen molar-refractivity contribution in [1.82, 2.24) is 15.2 Å². The molecule has 1 aliphatic carbocycles. The molecule has 3 atom stereocenters. The van der Waals surface area contributed by atoms with E-state index in [-0.39, 0.29) is 24.0 Å². The Morgan fingerprint density at radius 2 is 2.23 bits per heavy atom. The summed E-state index contributed by atoms with van der Waals surface area (Å²) in [6.45, 7) is 6.23. The predicted octanol–water partition coefficient (Wildman–Crippen LogP) is 1.79. The van der Waals surface area contributed by atoms with Crippen molar-refractivity contribution in [3.05, 3.63) is 48.3 Å². The van der Waals surface area contributed by atoms with E-state index in [0.29, 0.717) is 37.0 Å². The molecule has 7 nitrogen and oxygen atoms in total. The first-order chi connectivity index (χ1) is 14.5. The minimum absolute atomic E-state index is 0.0939. The second kappa shape index (κ2) is 9.29.